The van der Waals surface area contributed by atoms with Crippen molar-refractivity contribution in [2.75, 3.05) is 0 Å². The van der Waals surface area contributed by atoms with Gasteiger partial charge in [0.2, 0.25) is 0 Å². The topological polar surface area (TPSA) is 0 Å². The van der Waals surface area contributed by atoms with Gasteiger partial charge in [0, 0.05) is 15.7 Å². The summed E-state index contributed by atoms with van der Waals surface area (Å²) >= 11 is 1.58. The standard InChI is InChI=1S/C12H14F2S/c1-4-9-10(12(13)14)6-5-7-11(9)15-8(2)3/h4-8,12H,1H2,2-3H3. The summed E-state index contributed by atoms with van der Waals surface area (Å²) in [5, 5.41) is 0.372. The molecule has 0 saturated heterocycles. The van der Waals surface area contributed by atoms with Crippen molar-refractivity contribution >= 4 is 17.8 Å². The molecule has 0 heterocycles. The van der Waals surface area contributed by atoms with E-state index in [-0.39, 0.29) is 5.56 Å². The minimum absolute atomic E-state index is 0.0654. The maximum absolute atomic E-state index is 12.7. The molecule has 0 nitrogen and oxygen atoms in total. The molecule has 0 aromatic heterocycles. The van der Waals surface area contributed by atoms with Gasteiger partial charge in [0.05, 0.1) is 0 Å². The maximum Gasteiger partial charge on any atom is 0.264 e. The van der Waals surface area contributed by atoms with Crippen LogP contribution in [0.5, 0.6) is 0 Å². The van der Waals surface area contributed by atoms with Crippen LogP contribution < -0.4 is 0 Å². The van der Waals surface area contributed by atoms with Crippen LogP contribution in [-0.4, -0.2) is 5.25 Å². The number of hydrogen-bond acceptors (Lipinski definition) is 1. The molecule has 0 aliphatic rings. The first-order chi connectivity index (χ1) is 7.06. The van der Waals surface area contributed by atoms with Crippen LogP contribution in [-0.2, 0) is 0 Å². The van der Waals surface area contributed by atoms with Gasteiger partial charge in [-0.05, 0) is 11.6 Å². The summed E-state index contributed by atoms with van der Waals surface area (Å²) in [7, 11) is 0. The van der Waals surface area contributed by atoms with E-state index in [9.17, 15) is 8.78 Å². The zero-order valence-electron chi connectivity index (χ0n) is 8.84. The highest BCUT2D eigenvalue weighted by Crippen LogP contribution is 2.33. The molecule has 0 aliphatic heterocycles. The van der Waals surface area contributed by atoms with Gasteiger partial charge in [0.15, 0.2) is 0 Å². The molecule has 82 valence electrons. The van der Waals surface area contributed by atoms with Gasteiger partial charge in [0.1, 0.15) is 0 Å². The van der Waals surface area contributed by atoms with Gasteiger partial charge in [-0.25, -0.2) is 8.78 Å². The van der Waals surface area contributed by atoms with Crippen molar-refractivity contribution in [2.45, 2.75) is 30.4 Å². The predicted molar refractivity (Wildman–Crippen MR) is 62.5 cm³/mol. The lowest BCUT2D eigenvalue weighted by Gasteiger charge is -2.12. The van der Waals surface area contributed by atoms with Crippen LogP contribution in [0.4, 0.5) is 8.78 Å². The average molecular weight is 228 g/mol. The molecule has 0 aliphatic carbocycles. The number of benzene rings is 1. The van der Waals surface area contributed by atoms with E-state index < -0.39 is 6.43 Å². The first-order valence-electron chi connectivity index (χ1n) is 4.76. The summed E-state index contributed by atoms with van der Waals surface area (Å²) in [4.78, 5) is 0.873. The van der Waals surface area contributed by atoms with Gasteiger partial charge in [-0.3, -0.25) is 0 Å². The zero-order chi connectivity index (χ0) is 11.4. The molecule has 1 aromatic rings. The normalized spacial score (nSPS) is 11.1. The Morgan fingerprint density at radius 3 is 2.47 bits per heavy atom. The predicted octanol–water partition coefficient (Wildman–Crippen LogP) is 4.77. The Morgan fingerprint density at radius 2 is 2.00 bits per heavy atom. The average Bonchev–Trinajstić information content (AvgIpc) is 2.16. The van der Waals surface area contributed by atoms with Crippen molar-refractivity contribution in [2.24, 2.45) is 0 Å². The lowest BCUT2D eigenvalue weighted by molar-refractivity contribution is 0.151. The van der Waals surface area contributed by atoms with Gasteiger partial charge >= 0.3 is 0 Å². The summed E-state index contributed by atoms with van der Waals surface area (Å²) in [6.07, 6.45) is -0.933. The fraction of sp³-hybridized carbons (Fsp3) is 0.333. The number of thioether (sulfide) groups is 1. The van der Waals surface area contributed by atoms with Crippen LogP contribution in [0.15, 0.2) is 29.7 Å². The van der Waals surface area contributed by atoms with E-state index >= 15 is 0 Å². The summed E-state index contributed by atoms with van der Waals surface area (Å²) in [5.41, 5.74) is 0.627. The Hall–Kier alpha value is -0.830. The molecule has 0 N–H and O–H groups in total. The zero-order valence-corrected chi connectivity index (χ0v) is 9.65. The van der Waals surface area contributed by atoms with Crippen molar-refractivity contribution in [1.29, 1.82) is 0 Å². The molecular formula is C12H14F2S. The third-order valence-electron chi connectivity index (χ3n) is 1.90. The second-order valence-corrected chi connectivity index (χ2v) is 5.05. The molecule has 0 radical (unpaired) electrons. The molecule has 0 saturated carbocycles. The highest BCUT2D eigenvalue weighted by molar-refractivity contribution is 8.00. The lowest BCUT2D eigenvalue weighted by atomic mass is 10.1. The van der Waals surface area contributed by atoms with Gasteiger partial charge in [-0.1, -0.05) is 38.6 Å². The van der Waals surface area contributed by atoms with Crippen molar-refractivity contribution in [3.63, 3.8) is 0 Å². The van der Waals surface area contributed by atoms with Crippen LogP contribution in [0, 0.1) is 0 Å². The minimum atomic E-state index is -2.44. The lowest BCUT2D eigenvalue weighted by Crippen LogP contribution is -1.94. The summed E-state index contributed by atoms with van der Waals surface area (Å²) in [6.45, 7) is 7.66. The first-order valence-corrected chi connectivity index (χ1v) is 5.64. The quantitative estimate of drug-likeness (QED) is 0.669. The summed E-state index contributed by atoms with van der Waals surface area (Å²) in [6, 6.07) is 4.97. The number of halogens is 2. The highest BCUT2D eigenvalue weighted by atomic mass is 32.2. The van der Waals surface area contributed by atoms with E-state index in [1.807, 2.05) is 19.9 Å². The number of rotatable bonds is 4. The molecule has 15 heavy (non-hydrogen) atoms. The van der Waals surface area contributed by atoms with E-state index in [1.165, 1.54) is 12.1 Å². The second kappa shape index (κ2) is 5.31. The van der Waals surface area contributed by atoms with Crippen molar-refractivity contribution < 1.29 is 8.78 Å². The third-order valence-corrected chi connectivity index (χ3v) is 2.98. The van der Waals surface area contributed by atoms with Crippen LogP contribution in [0.2, 0.25) is 0 Å². The number of hydrogen-bond donors (Lipinski definition) is 0. The van der Waals surface area contributed by atoms with E-state index in [4.69, 9.17) is 0 Å². The SMILES string of the molecule is C=Cc1c(SC(C)C)cccc1C(F)F. The van der Waals surface area contributed by atoms with Gasteiger partial charge < -0.3 is 0 Å². The van der Waals surface area contributed by atoms with E-state index in [2.05, 4.69) is 6.58 Å². The maximum atomic E-state index is 12.7. The van der Waals surface area contributed by atoms with E-state index in [0.717, 1.165) is 4.90 Å². The van der Waals surface area contributed by atoms with E-state index in [1.54, 1.807) is 17.8 Å². The fourth-order valence-electron chi connectivity index (χ4n) is 1.33. The van der Waals surface area contributed by atoms with Crippen molar-refractivity contribution in [3.8, 4) is 0 Å². The molecular weight excluding hydrogens is 214 g/mol. The molecule has 0 amide bonds. The van der Waals surface area contributed by atoms with Crippen LogP contribution in [0.25, 0.3) is 6.08 Å². The fourth-order valence-corrected chi connectivity index (χ4v) is 2.32. The first kappa shape index (κ1) is 12.2. The number of alkyl halides is 2. The molecule has 1 rings (SSSR count). The third kappa shape index (κ3) is 3.06. The van der Waals surface area contributed by atoms with Gasteiger partial charge in [-0.2, -0.15) is 0 Å². The minimum Gasteiger partial charge on any atom is -0.205 e. The Balaban J connectivity index is 3.16. The van der Waals surface area contributed by atoms with Gasteiger partial charge in [-0.15, -0.1) is 11.8 Å². The Bertz CT molecular complexity index is 345. The van der Waals surface area contributed by atoms with Crippen LogP contribution in [0.1, 0.15) is 31.4 Å². The molecule has 0 fully saturated rings. The molecule has 0 atom stereocenters. The van der Waals surface area contributed by atoms with Crippen LogP contribution in [0.3, 0.4) is 0 Å². The Labute approximate surface area is 93.4 Å². The molecule has 0 unspecified atom stereocenters. The Morgan fingerprint density at radius 1 is 1.33 bits per heavy atom. The highest BCUT2D eigenvalue weighted by Gasteiger charge is 2.14. The molecule has 1 aromatic carbocycles. The molecule has 3 heteroatoms. The van der Waals surface area contributed by atoms with Crippen molar-refractivity contribution in [1.82, 2.24) is 0 Å². The largest absolute Gasteiger partial charge is 0.264 e. The Kier molecular flexibility index (Phi) is 4.33. The summed E-state index contributed by atoms with van der Waals surface area (Å²) in [5.74, 6) is 0. The van der Waals surface area contributed by atoms with Crippen LogP contribution >= 0.6 is 11.8 Å². The summed E-state index contributed by atoms with van der Waals surface area (Å²) < 4.78 is 25.3. The second-order valence-electron chi connectivity index (χ2n) is 3.43. The monoisotopic (exact) mass is 228 g/mol. The van der Waals surface area contributed by atoms with E-state index in [0.29, 0.717) is 10.8 Å². The smallest absolute Gasteiger partial charge is 0.205 e. The molecule has 0 spiro atoms. The molecule has 0 bridgehead atoms. The van der Waals surface area contributed by atoms with Gasteiger partial charge in [0.25, 0.3) is 6.43 Å². The van der Waals surface area contributed by atoms with Crippen molar-refractivity contribution in [3.05, 3.63) is 35.9 Å².